The standard InChI is InChI=1S/C15H27N3O5/c1-5-16-11(19)6-8-18-9-7-15(10-18,12(20)21)17-13(22)23-14(2,3)4/h5-10H2,1-4H3,(H,16,19)(H,17,22)(H,20,21). The smallest absolute Gasteiger partial charge is 0.408 e. The summed E-state index contributed by atoms with van der Waals surface area (Å²) in [7, 11) is 0. The van der Waals surface area contributed by atoms with Gasteiger partial charge in [-0.3, -0.25) is 9.69 Å². The fourth-order valence-electron chi connectivity index (χ4n) is 2.45. The summed E-state index contributed by atoms with van der Waals surface area (Å²) < 4.78 is 5.14. The van der Waals surface area contributed by atoms with Crippen molar-refractivity contribution in [3.63, 3.8) is 0 Å². The number of ether oxygens (including phenoxy) is 1. The first-order valence-electron chi connectivity index (χ1n) is 7.81. The Labute approximate surface area is 136 Å². The van der Waals surface area contributed by atoms with Gasteiger partial charge in [-0.05, 0) is 34.1 Å². The first kappa shape index (κ1) is 19.2. The number of likely N-dealkylation sites (tertiary alicyclic amines) is 1. The van der Waals surface area contributed by atoms with E-state index in [4.69, 9.17) is 4.74 Å². The van der Waals surface area contributed by atoms with Crippen molar-refractivity contribution in [2.24, 2.45) is 0 Å². The second-order valence-electron chi connectivity index (χ2n) is 6.74. The summed E-state index contributed by atoms with van der Waals surface area (Å²) in [6.45, 7) is 8.67. The third-order valence-electron chi connectivity index (χ3n) is 3.53. The number of alkyl carbamates (subject to hydrolysis) is 1. The number of carbonyl (C=O) groups excluding carboxylic acids is 2. The first-order chi connectivity index (χ1) is 10.6. The van der Waals surface area contributed by atoms with Crippen LogP contribution < -0.4 is 10.6 Å². The minimum atomic E-state index is -1.37. The number of amides is 2. The van der Waals surface area contributed by atoms with Crippen molar-refractivity contribution in [2.75, 3.05) is 26.2 Å². The van der Waals surface area contributed by atoms with E-state index in [1.54, 1.807) is 20.8 Å². The fraction of sp³-hybridized carbons (Fsp3) is 0.800. The van der Waals surface area contributed by atoms with Gasteiger partial charge in [0.05, 0.1) is 0 Å². The molecule has 0 bridgehead atoms. The molecule has 3 N–H and O–H groups in total. The average Bonchev–Trinajstić information content (AvgIpc) is 2.79. The molecule has 1 heterocycles. The summed E-state index contributed by atoms with van der Waals surface area (Å²) >= 11 is 0. The van der Waals surface area contributed by atoms with Crippen LogP contribution in [0.3, 0.4) is 0 Å². The third kappa shape index (κ3) is 6.05. The number of carboxylic acid groups (broad SMARTS) is 1. The predicted octanol–water partition coefficient (Wildman–Crippen LogP) is 0.566. The average molecular weight is 329 g/mol. The molecule has 8 heteroatoms. The lowest BCUT2D eigenvalue weighted by atomic mass is 9.99. The van der Waals surface area contributed by atoms with Crippen LogP contribution in [0, 0.1) is 0 Å². The SMILES string of the molecule is CCNC(=O)CCN1CCC(NC(=O)OC(C)(C)C)(C(=O)O)C1. The molecule has 0 aliphatic carbocycles. The molecule has 1 fully saturated rings. The van der Waals surface area contributed by atoms with E-state index in [0.717, 1.165) is 0 Å². The lowest BCUT2D eigenvalue weighted by Crippen LogP contribution is -2.57. The Bertz CT molecular complexity index is 461. The van der Waals surface area contributed by atoms with Crippen molar-refractivity contribution in [1.29, 1.82) is 0 Å². The molecule has 1 atom stereocenters. The molecule has 0 saturated carbocycles. The maximum absolute atomic E-state index is 11.9. The Morgan fingerprint density at radius 3 is 2.48 bits per heavy atom. The van der Waals surface area contributed by atoms with Gasteiger partial charge < -0.3 is 20.5 Å². The van der Waals surface area contributed by atoms with Gasteiger partial charge >= 0.3 is 12.1 Å². The molecule has 23 heavy (non-hydrogen) atoms. The maximum Gasteiger partial charge on any atom is 0.408 e. The van der Waals surface area contributed by atoms with Crippen LogP contribution in [0.2, 0.25) is 0 Å². The second kappa shape index (κ2) is 7.63. The monoisotopic (exact) mass is 329 g/mol. The highest BCUT2D eigenvalue weighted by Crippen LogP contribution is 2.23. The van der Waals surface area contributed by atoms with Crippen LogP contribution in [0.15, 0.2) is 0 Å². The molecular formula is C15H27N3O5. The van der Waals surface area contributed by atoms with E-state index in [-0.39, 0.29) is 18.9 Å². The highest BCUT2D eigenvalue weighted by Gasteiger charge is 2.46. The van der Waals surface area contributed by atoms with Gasteiger partial charge in [0.1, 0.15) is 5.60 Å². The molecule has 1 rings (SSSR count). The third-order valence-corrected chi connectivity index (χ3v) is 3.53. The van der Waals surface area contributed by atoms with Gasteiger partial charge in [-0.15, -0.1) is 0 Å². The highest BCUT2D eigenvalue weighted by atomic mass is 16.6. The molecule has 0 aromatic rings. The highest BCUT2D eigenvalue weighted by molar-refractivity contribution is 5.85. The number of aliphatic carboxylic acids is 1. The van der Waals surface area contributed by atoms with Crippen molar-refractivity contribution in [2.45, 2.75) is 51.7 Å². The van der Waals surface area contributed by atoms with Crippen molar-refractivity contribution in [3.05, 3.63) is 0 Å². The topological polar surface area (TPSA) is 108 Å². The van der Waals surface area contributed by atoms with Gasteiger partial charge in [-0.1, -0.05) is 0 Å². The number of rotatable bonds is 6. The van der Waals surface area contributed by atoms with Crippen molar-refractivity contribution in [3.8, 4) is 0 Å². The molecule has 0 spiro atoms. The van der Waals surface area contributed by atoms with Crippen LogP contribution in [0.4, 0.5) is 4.79 Å². The molecule has 0 radical (unpaired) electrons. The van der Waals surface area contributed by atoms with Gasteiger partial charge in [-0.25, -0.2) is 9.59 Å². The Hall–Kier alpha value is -1.83. The lowest BCUT2D eigenvalue weighted by Gasteiger charge is -2.28. The summed E-state index contributed by atoms with van der Waals surface area (Å²) in [5, 5.41) is 14.7. The van der Waals surface area contributed by atoms with Crippen LogP contribution in [-0.4, -0.2) is 65.3 Å². The van der Waals surface area contributed by atoms with E-state index >= 15 is 0 Å². The van der Waals surface area contributed by atoms with E-state index in [9.17, 15) is 19.5 Å². The first-order valence-corrected chi connectivity index (χ1v) is 7.81. The lowest BCUT2D eigenvalue weighted by molar-refractivity contribution is -0.144. The zero-order valence-corrected chi connectivity index (χ0v) is 14.3. The summed E-state index contributed by atoms with van der Waals surface area (Å²) in [4.78, 5) is 36.9. The maximum atomic E-state index is 11.9. The normalized spacial score (nSPS) is 21.7. The molecule has 1 aliphatic heterocycles. The predicted molar refractivity (Wildman–Crippen MR) is 84.1 cm³/mol. The number of nitrogens with one attached hydrogen (secondary N) is 2. The van der Waals surface area contributed by atoms with Crippen molar-refractivity contribution >= 4 is 18.0 Å². The Balaban J connectivity index is 2.61. The van der Waals surface area contributed by atoms with E-state index in [1.807, 2.05) is 11.8 Å². The zero-order valence-electron chi connectivity index (χ0n) is 14.3. The van der Waals surface area contributed by atoms with E-state index in [0.29, 0.717) is 26.1 Å². The number of carbonyl (C=O) groups is 3. The van der Waals surface area contributed by atoms with Gasteiger partial charge in [0.25, 0.3) is 0 Å². The van der Waals surface area contributed by atoms with Gasteiger partial charge in [0, 0.05) is 32.6 Å². The number of hydrogen-bond acceptors (Lipinski definition) is 5. The molecule has 132 valence electrons. The molecule has 0 aromatic carbocycles. The molecule has 1 saturated heterocycles. The van der Waals surface area contributed by atoms with Crippen molar-refractivity contribution in [1.82, 2.24) is 15.5 Å². The van der Waals surface area contributed by atoms with Gasteiger partial charge in [-0.2, -0.15) is 0 Å². The van der Waals surface area contributed by atoms with Crippen LogP contribution >= 0.6 is 0 Å². The molecule has 0 aromatic heterocycles. The Morgan fingerprint density at radius 2 is 1.96 bits per heavy atom. The van der Waals surface area contributed by atoms with E-state index in [1.165, 1.54) is 0 Å². The largest absolute Gasteiger partial charge is 0.479 e. The molecular weight excluding hydrogens is 302 g/mol. The van der Waals surface area contributed by atoms with Crippen molar-refractivity contribution < 1.29 is 24.2 Å². The van der Waals surface area contributed by atoms with Crippen LogP contribution in [-0.2, 0) is 14.3 Å². The molecule has 1 aliphatic rings. The quantitative estimate of drug-likeness (QED) is 0.657. The number of hydrogen-bond donors (Lipinski definition) is 3. The molecule has 1 unspecified atom stereocenters. The summed E-state index contributed by atoms with van der Waals surface area (Å²) in [5.74, 6) is -1.16. The zero-order chi connectivity index (χ0) is 17.7. The van der Waals surface area contributed by atoms with Crippen LogP contribution in [0.25, 0.3) is 0 Å². The summed E-state index contributed by atoms with van der Waals surface area (Å²) in [6, 6.07) is 0. The Kier molecular flexibility index (Phi) is 6.37. The van der Waals surface area contributed by atoms with Gasteiger partial charge in [0.15, 0.2) is 5.54 Å². The second-order valence-corrected chi connectivity index (χ2v) is 6.74. The summed E-state index contributed by atoms with van der Waals surface area (Å²) in [5.41, 5.74) is -2.07. The number of carboxylic acids is 1. The fourth-order valence-corrected chi connectivity index (χ4v) is 2.45. The molecule has 2 amide bonds. The van der Waals surface area contributed by atoms with E-state index < -0.39 is 23.2 Å². The molecule has 8 nitrogen and oxygen atoms in total. The number of nitrogens with zero attached hydrogens (tertiary/aromatic N) is 1. The minimum absolute atomic E-state index is 0.0690. The van der Waals surface area contributed by atoms with Crippen LogP contribution in [0.1, 0.15) is 40.5 Å². The van der Waals surface area contributed by atoms with Crippen LogP contribution in [0.5, 0.6) is 0 Å². The minimum Gasteiger partial charge on any atom is -0.479 e. The summed E-state index contributed by atoms with van der Waals surface area (Å²) in [6.07, 6.45) is -0.169. The Morgan fingerprint density at radius 1 is 1.30 bits per heavy atom. The van der Waals surface area contributed by atoms with Gasteiger partial charge in [0.2, 0.25) is 5.91 Å². The van der Waals surface area contributed by atoms with E-state index in [2.05, 4.69) is 10.6 Å².